The van der Waals surface area contributed by atoms with Gasteiger partial charge < -0.3 is 5.32 Å². The Morgan fingerprint density at radius 1 is 1.47 bits per heavy atom. The van der Waals surface area contributed by atoms with Crippen molar-refractivity contribution >= 4 is 43.2 Å². The third-order valence-corrected chi connectivity index (χ3v) is 5.95. The van der Waals surface area contributed by atoms with E-state index in [1.807, 2.05) is 0 Å². The summed E-state index contributed by atoms with van der Waals surface area (Å²) in [5, 5.41) is 15.7. The molecule has 2 rings (SSSR count). The van der Waals surface area contributed by atoms with Crippen molar-refractivity contribution in [2.45, 2.75) is 25.8 Å². The first-order chi connectivity index (χ1) is 9.10. The molecule has 0 aliphatic rings. The van der Waals surface area contributed by atoms with Crippen molar-refractivity contribution in [2.24, 2.45) is 7.05 Å². The largest absolute Gasteiger partial charge is 0.309 e. The Kier molecular flexibility index (Phi) is 5.49. The highest BCUT2D eigenvalue weighted by Crippen LogP contribution is 2.36. The molecule has 0 saturated carbocycles. The van der Waals surface area contributed by atoms with Crippen LogP contribution in [0.3, 0.4) is 0 Å². The molecule has 2 aromatic heterocycles. The molecule has 0 saturated heterocycles. The number of tetrazole rings is 1. The maximum absolute atomic E-state index is 4.25. The maximum Gasteiger partial charge on any atom is 0.176 e. The molecule has 1 N–H and O–H groups in total. The third-order valence-electron chi connectivity index (χ3n) is 2.58. The molecule has 0 aliphatic heterocycles. The van der Waals surface area contributed by atoms with Gasteiger partial charge in [-0.25, -0.2) is 0 Å². The minimum absolute atomic E-state index is 0.219. The zero-order valence-electron chi connectivity index (χ0n) is 10.7. The topological polar surface area (TPSA) is 55.6 Å². The summed E-state index contributed by atoms with van der Waals surface area (Å²) in [7, 11) is 1.78. The Bertz CT molecular complexity index is 519. The number of aryl methyl sites for hydroxylation is 1. The van der Waals surface area contributed by atoms with E-state index in [1.54, 1.807) is 18.4 Å². The van der Waals surface area contributed by atoms with E-state index in [0.29, 0.717) is 0 Å². The van der Waals surface area contributed by atoms with E-state index in [4.69, 9.17) is 0 Å². The second-order valence-corrected chi connectivity index (χ2v) is 7.43. The normalized spacial score (nSPS) is 12.8. The summed E-state index contributed by atoms with van der Waals surface area (Å²) in [6, 6.07) is 2.36. The van der Waals surface area contributed by atoms with Crippen LogP contribution in [-0.2, 0) is 13.5 Å². The minimum Gasteiger partial charge on any atom is -0.309 e. The standard InChI is InChI=1S/C11H15Br2N5S/c1-3-4-14-8(6-10-15-17-18(2)16-10)9-5-7(12)11(13)19-9/h5,8,14H,3-4,6H2,1-2H3. The van der Waals surface area contributed by atoms with Gasteiger partial charge in [-0.1, -0.05) is 6.92 Å². The van der Waals surface area contributed by atoms with Crippen molar-refractivity contribution in [2.75, 3.05) is 6.54 Å². The number of rotatable bonds is 6. The minimum atomic E-state index is 0.219. The van der Waals surface area contributed by atoms with Crippen molar-refractivity contribution in [1.29, 1.82) is 0 Å². The third kappa shape index (κ3) is 4.08. The van der Waals surface area contributed by atoms with Crippen LogP contribution in [0.25, 0.3) is 0 Å². The molecule has 2 heterocycles. The zero-order chi connectivity index (χ0) is 13.8. The summed E-state index contributed by atoms with van der Waals surface area (Å²) in [6.45, 7) is 3.13. The molecular formula is C11H15Br2N5S. The fraction of sp³-hybridized carbons (Fsp3) is 0.545. The molecule has 0 amide bonds. The molecule has 1 atom stereocenters. The molecule has 5 nitrogen and oxygen atoms in total. The first-order valence-electron chi connectivity index (χ1n) is 6.01. The van der Waals surface area contributed by atoms with E-state index in [1.165, 1.54) is 9.67 Å². The number of hydrogen-bond donors (Lipinski definition) is 1. The number of halogens is 2. The molecule has 2 aromatic rings. The van der Waals surface area contributed by atoms with E-state index < -0.39 is 0 Å². The van der Waals surface area contributed by atoms with Gasteiger partial charge in [0.05, 0.1) is 10.8 Å². The number of thiophene rings is 1. The first kappa shape index (κ1) is 15.1. The SMILES string of the molecule is CCCNC(Cc1nnn(C)n1)c1cc(Br)c(Br)s1. The molecule has 1 unspecified atom stereocenters. The Labute approximate surface area is 133 Å². The molecule has 0 bridgehead atoms. The molecule has 104 valence electrons. The smallest absolute Gasteiger partial charge is 0.176 e. The molecule has 0 fully saturated rings. The number of hydrogen-bond acceptors (Lipinski definition) is 5. The Balaban J connectivity index is 2.15. The first-order valence-corrected chi connectivity index (χ1v) is 8.41. The molecule has 0 aliphatic carbocycles. The van der Waals surface area contributed by atoms with Gasteiger partial charge in [0.15, 0.2) is 5.82 Å². The number of nitrogens with zero attached hydrogens (tertiary/aromatic N) is 4. The van der Waals surface area contributed by atoms with E-state index in [0.717, 1.165) is 33.5 Å². The van der Waals surface area contributed by atoms with Crippen LogP contribution in [0.5, 0.6) is 0 Å². The van der Waals surface area contributed by atoms with Crippen molar-refractivity contribution < 1.29 is 0 Å². The highest BCUT2D eigenvalue weighted by Gasteiger charge is 2.18. The lowest BCUT2D eigenvalue weighted by Crippen LogP contribution is -2.23. The van der Waals surface area contributed by atoms with Crippen LogP contribution in [0.15, 0.2) is 14.3 Å². The van der Waals surface area contributed by atoms with Crippen molar-refractivity contribution in [3.8, 4) is 0 Å². The van der Waals surface area contributed by atoms with Crippen molar-refractivity contribution in [3.05, 3.63) is 25.0 Å². The second kappa shape index (κ2) is 6.92. The lowest BCUT2D eigenvalue weighted by atomic mass is 10.1. The monoisotopic (exact) mass is 407 g/mol. The molecule has 19 heavy (non-hydrogen) atoms. The second-order valence-electron chi connectivity index (χ2n) is 4.18. The van der Waals surface area contributed by atoms with Crippen molar-refractivity contribution in [1.82, 2.24) is 25.5 Å². The van der Waals surface area contributed by atoms with Gasteiger partial charge in [-0.15, -0.1) is 21.5 Å². The Morgan fingerprint density at radius 3 is 2.79 bits per heavy atom. The number of nitrogens with one attached hydrogen (secondary N) is 1. The van der Waals surface area contributed by atoms with Crippen LogP contribution in [0.4, 0.5) is 0 Å². The Hall–Kier alpha value is -0.310. The fourth-order valence-electron chi connectivity index (χ4n) is 1.71. The summed E-state index contributed by atoms with van der Waals surface area (Å²) in [6.07, 6.45) is 1.84. The van der Waals surface area contributed by atoms with Gasteiger partial charge in [0.2, 0.25) is 0 Å². The van der Waals surface area contributed by atoms with Crippen LogP contribution in [0.1, 0.15) is 30.1 Å². The quantitative estimate of drug-likeness (QED) is 0.797. The molecule has 8 heteroatoms. The van der Waals surface area contributed by atoms with E-state index in [-0.39, 0.29) is 6.04 Å². The van der Waals surface area contributed by atoms with Crippen LogP contribution >= 0.6 is 43.2 Å². The summed E-state index contributed by atoms with van der Waals surface area (Å²) in [5.41, 5.74) is 0. The molecular weight excluding hydrogens is 394 g/mol. The van der Waals surface area contributed by atoms with Gasteiger partial charge in [0, 0.05) is 21.8 Å². The number of aromatic nitrogens is 4. The predicted octanol–water partition coefficient (Wildman–Crippen LogP) is 3.08. The van der Waals surface area contributed by atoms with Crippen molar-refractivity contribution in [3.63, 3.8) is 0 Å². The van der Waals surface area contributed by atoms with Gasteiger partial charge in [-0.2, -0.15) is 4.80 Å². The van der Waals surface area contributed by atoms with Gasteiger partial charge >= 0.3 is 0 Å². The van der Waals surface area contributed by atoms with Crippen LogP contribution < -0.4 is 5.32 Å². The van der Waals surface area contributed by atoms with Gasteiger partial charge in [0.1, 0.15) is 0 Å². The van der Waals surface area contributed by atoms with Crippen LogP contribution in [0.2, 0.25) is 0 Å². The summed E-state index contributed by atoms with van der Waals surface area (Å²) < 4.78 is 2.20. The summed E-state index contributed by atoms with van der Waals surface area (Å²) in [5.74, 6) is 0.761. The lowest BCUT2D eigenvalue weighted by molar-refractivity contribution is 0.523. The average Bonchev–Trinajstić information content (AvgIpc) is 2.92. The van der Waals surface area contributed by atoms with Crippen LogP contribution in [0, 0.1) is 0 Å². The van der Waals surface area contributed by atoms with Gasteiger partial charge in [-0.3, -0.25) is 0 Å². The van der Waals surface area contributed by atoms with E-state index >= 15 is 0 Å². The molecule has 0 aromatic carbocycles. The lowest BCUT2D eigenvalue weighted by Gasteiger charge is -2.15. The summed E-state index contributed by atoms with van der Waals surface area (Å²) >= 11 is 8.79. The average molecular weight is 409 g/mol. The van der Waals surface area contributed by atoms with Crippen LogP contribution in [-0.4, -0.2) is 26.8 Å². The summed E-state index contributed by atoms with van der Waals surface area (Å²) in [4.78, 5) is 2.76. The molecule has 0 radical (unpaired) electrons. The van der Waals surface area contributed by atoms with E-state index in [2.05, 4.69) is 65.6 Å². The van der Waals surface area contributed by atoms with Gasteiger partial charge in [-0.05, 0) is 56.1 Å². The predicted molar refractivity (Wildman–Crippen MR) is 83.3 cm³/mol. The Morgan fingerprint density at radius 2 is 2.26 bits per heavy atom. The highest BCUT2D eigenvalue weighted by molar-refractivity contribution is 9.13. The molecule has 0 spiro atoms. The van der Waals surface area contributed by atoms with Gasteiger partial charge in [0.25, 0.3) is 0 Å². The highest BCUT2D eigenvalue weighted by atomic mass is 79.9. The zero-order valence-corrected chi connectivity index (χ0v) is 14.7. The fourth-order valence-corrected chi connectivity index (χ4v) is 3.88. The van der Waals surface area contributed by atoms with E-state index in [9.17, 15) is 0 Å². The maximum atomic E-state index is 4.25.